The summed E-state index contributed by atoms with van der Waals surface area (Å²) in [4.78, 5) is 0. The summed E-state index contributed by atoms with van der Waals surface area (Å²) in [5.41, 5.74) is 3.79. The molecule has 0 nitrogen and oxygen atoms in total. The van der Waals surface area contributed by atoms with Gasteiger partial charge < -0.3 is 0 Å². The zero-order valence-electron chi connectivity index (χ0n) is 8.20. The molecule has 0 aliphatic heterocycles. The van der Waals surface area contributed by atoms with Gasteiger partial charge in [0, 0.05) is 0 Å². The van der Waals surface area contributed by atoms with E-state index in [0.29, 0.717) is 0 Å². The number of benzene rings is 1. The molecule has 0 aliphatic carbocycles. The van der Waals surface area contributed by atoms with Gasteiger partial charge in [-0.05, 0) is 55.5 Å². The van der Waals surface area contributed by atoms with E-state index >= 15 is 0 Å². The first-order chi connectivity index (χ1) is 5.74. The average molecular weight is 160 g/mol. The fourth-order valence-electron chi connectivity index (χ4n) is 1.32. The first-order valence-corrected chi connectivity index (χ1v) is 4.64. The minimum atomic E-state index is 1.15. The molecule has 0 heterocycles. The topological polar surface area (TPSA) is 0 Å². The van der Waals surface area contributed by atoms with Crippen molar-refractivity contribution in [3.63, 3.8) is 0 Å². The smallest absolute Gasteiger partial charge is 0.0117 e. The van der Waals surface area contributed by atoms with Gasteiger partial charge in [-0.2, -0.15) is 0 Å². The standard InChI is InChI=1S/C12H16/c1-4-5-6-12-8-7-10(2)9-11(12)3/h7H,4-6H2,1-3H3. The van der Waals surface area contributed by atoms with Crippen LogP contribution in [0.25, 0.3) is 0 Å². The summed E-state index contributed by atoms with van der Waals surface area (Å²) in [5.74, 6) is 0. The van der Waals surface area contributed by atoms with E-state index in [0.717, 1.165) is 6.42 Å². The van der Waals surface area contributed by atoms with Crippen molar-refractivity contribution in [1.82, 2.24) is 0 Å². The van der Waals surface area contributed by atoms with Gasteiger partial charge >= 0.3 is 0 Å². The monoisotopic (exact) mass is 160 g/mol. The number of unbranched alkanes of at least 4 members (excludes halogenated alkanes) is 1. The number of hydrogen-bond acceptors (Lipinski definition) is 0. The van der Waals surface area contributed by atoms with Crippen molar-refractivity contribution in [2.24, 2.45) is 0 Å². The highest BCUT2D eigenvalue weighted by molar-refractivity contribution is 5.27. The Labute approximate surface area is 75.6 Å². The molecule has 2 radical (unpaired) electrons. The van der Waals surface area contributed by atoms with Crippen LogP contribution in [-0.4, -0.2) is 0 Å². The third-order valence-electron chi connectivity index (χ3n) is 2.08. The highest BCUT2D eigenvalue weighted by Gasteiger charge is 1.97. The van der Waals surface area contributed by atoms with Gasteiger partial charge in [0.25, 0.3) is 0 Å². The zero-order valence-corrected chi connectivity index (χ0v) is 8.20. The average Bonchev–Trinajstić information content (AvgIpc) is 2.03. The second-order valence-corrected chi connectivity index (χ2v) is 3.30. The van der Waals surface area contributed by atoms with Crippen molar-refractivity contribution in [2.75, 3.05) is 0 Å². The Balaban J connectivity index is 2.72. The molecule has 1 aromatic carbocycles. The molecule has 12 heavy (non-hydrogen) atoms. The first kappa shape index (κ1) is 9.31. The van der Waals surface area contributed by atoms with Crippen LogP contribution >= 0.6 is 0 Å². The molecule has 0 amide bonds. The number of rotatable bonds is 3. The molecule has 64 valence electrons. The maximum absolute atomic E-state index is 3.32. The quantitative estimate of drug-likeness (QED) is 0.636. The lowest BCUT2D eigenvalue weighted by atomic mass is 10.0. The van der Waals surface area contributed by atoms with Crippen LogP contribution in [0, 0.1) is 26.0 Å². The molecule has 0 heteroatoms. The van der Waals surface area contributed by atoms with E-state index < -0.39 is 0 Å². The highest BCUT2D eigenvalue weighted by Crippen LogP contribution is 2.11. The summed E-state index contributed by atoms with van der Waals surface area (Å²) < 4.78 is 0. The first-order valence-electron chi connectivity index (χ1n) is 4.64. The van der Waals surface area contributed by atoms with E-state index in [4.69, 9.17) is 0 Å². The third kappa shape index (κ3) is 2.37. The summed E-state index contributed by atoms with van der Waals surface area (Å²) in [7, 11) is 0. The van der Waals surface area contributed by atoms with E-state index in [9.17, 15) is 0 Å². The minimum absolute atomic E-state index is 1.15. The largest absolute Gasteiger partial charge is 0.0654 e. The molecule has 0 N–H and O–H groups in total. The van der Waals surface area contributed by atoms with Gasteiger partial charge in [-0.3, -0.25) is 0 Å². The van der Waals surface area contributed by atoms with Crippen molar-refractivity contribution < 1.29 is 0 Å². The predicted octanol–water partition coefficient (Wildman–Crippen LogP) is 3.25. The fourth-order valence-corrected chi connectivity index (χ4v) is 1.32. The van der Waals surface area contributed by atoms with Gasteiger partial charge in [-0.15, -0.1) is 0 Å². The van der Waals surface area contributed by atoms with Gasteiger partial charge in [0.2, 0.25) is 0 Å². The van der Waals surface area contributed by atoms with Crippen molar-refractivity contribution in [3.8, 4) is 0 Å². The molecule has 0 aromatic heterocycles. The Kier molecular flexibility index (Phi) is 3.33. The Morgan fingerprint density at radius 2 is 2.08 bits per heavy atom. The molecule has 0 spiro atoms. The molecular weight excluding hydrogens is 144 g/mol. The molecule has 1 rings (SSSR count). The summed E-state index contributed by atoms with van der Waals surface area (Å²) in [6.07, 6.45) is 3.66. The molecule has 0 saturated heterocycles. The van der Waals surface area contributed by atoms with Crippen molar-refractivity contribution in [1.29, 1.82) is 0 Å². The summed E-state index contributed by atoms with van der Waals surface area (Å²) in [6, 6.07) is 8.65. The van der Waals surface area contributed by atoms with Crippen LogP contribution in [0.3, 0.4) is 0 Å². The lowest BCUT2D eigenvalue weighted by Crippen LogP contribution is -1.90. The van der Waals surface area contributed by atoms with Gasteiger partial charge in [-0.25, -0.2) is 0 Å². The molecule has 0 bridgehead atoms. The van der Waals surface area contributed by atoms with E-state index in [2.05, 4.69) is 32.9 Å². The van der Waals surface area contributed by atoms with Gasteiger partial charge in [-0.1, -0.05) is 19.4 Å². The molecule has 0 atom stereocenters. The van der Waals surface area contributed by atoms with Gasteiger partial charge in [0.15, 0.2) is 0 Å². The van der Waals surface area contributed by atoms with E-state index in [1.165, 1.54) is 29.5 Å². The van der Waals surface area contributed by atoms with Crippen LogP contribution in [-0.2, 0) is 6.42 Å². The maximum atomic E-state index is 3.32. The van der Waals surface area contributed by atoms with Crippen LogP contribution < -0.4 is 0 Å². The molecule has 0 unspecified atom stereocenters. The Bertz CT molecular complexity index is 248. The molecule has 1 aromatic rings. The maximum Gasteiger partial charge on any atom is -0.0117 e. The van der Waals surface area contributed by atoms with Gasteiger partial charge in [0.1, 0.15) is 0 Å². The van der Waals surface area contributed by atoms with Crippen molar-refractivity contribution >= 4 is 0 Å². The van der Waals surface area contributed by atoms with Crippen molar-refractivity contribution in [2.45, 2.75) is 40.0 Å². The lowest BCUT2D eigenvalue weighted by molar-refractivity contribution is 0.790. The third-order valence-corrected chi connectivity index (χ3v) is 2.08. The highest BCUT2D eigenvalue weighted by atomic mass is 14.0. The second kappa shape index (κ2) is 4.30. The fraction of sp³-hybridized carbons (Fsp3) is 0.500. The van der Waals surface area contributed by atoms with Crippen LogP contribution in [0.15, 0.2) is 6.07 Å². The summed E-state index contributed by atoms with van der Waals surface area (Å²) in [5, 5.41) is 0. The van der Waals surface area contributed by atoms with Gasteiger partial charge in [0.05, 0.1) is 0 Å². The molecule has 0 aliphatic rings. The van der Waals surface area contributed by atoms with Crippen molar-refractivity contribution in [3.05, 3.63) is 34.9 Å². The predicted molar refractivity (Wildman–Crippen MR) is 52.2 cm³/mol. The number of aryl methyl sites for hydroxylation is 3. The molecule has 0 fully saturated rings. The molecule has 0 saturated carbocycles. The molecular formula is C12H16. The zero-order chi connectivity index (χ0) is 8.97. The normalized spacial score (nSPS) is 10.2. The Hall–Kier alpha value is -0.780. The lowest BCUT2D eigenvalue weighted by Gasteiger charge is -2.04. The summed E-state index contributed by atoms with van der Waals surface area (Å²) >= 11 is 0. The Morgan fingerprint density at radius 1 is 1.33 bits per heavy atom. The van der Waals surface area contributed by atoms with Crippen LogP contribution in [0.2, 0.25) is 0 Å². The minimum Gasteiger partial charge on any atom is -0.0654 e. The van der Waals surface area contributed by atoms with Crippen LogP contribution in [0.4, 0.5) is 0 Å². The van der Waals surface area contributed by atoms with Crippen LogP contribution in [0.5, 0.6) is 0 Å². The van der Waals surface area contributed by atoms with E-state index in [1.54, 1.807) is 0 Å². The van der Waals surface area contributed by atoms with E-state index in [1.807, 2.05) is 6.07 Å². The number of hydrogen-bond donors (Lipinski definition) is 0. The Morgan fingerprint density at radius 3 is 2.67 bits per heavy atom. The second-order valence-electron chi connectivity index (χ2n) is 3.30. The SMILES string of the molecule is CCCCc1[c]cc(C)[c]c1C. The van der Waals surface area contributed by atoms with E-state index in [-0.39, 0.29) is 0 Å². The van der Waals surface area contributed by atoms with Crippen LogP contribution in [0.1, 0.15) is 36.5 Å². The summed E-state index contributed by atoms with van der Waals surface area (Å²) in [6.45, 7) is 6.40.